The van der Waals surface area contributed by atoms with Crippen molar-refractivity contribution < 1.29 is 28.2 Å². The average Bonchev–Trinajstić information content (AvgIpc) is 3.48. The smallest absolute Gasteiger partial charge is 0.421 e. The zero-order chi connectivity index (χ0) is 30.2. The maximum absolute atomic E-state index is 14.6. The number of esters is 1. The summed E-state index contributed by atoms with van der Waals surface area (Å²) >= 11 is 1.44. The molecule has 0 aliphatic carbocycles. The van der Waals surface area contributed by atoms with Crippen LogP contribution in [0.3, 0.4) is 0 Å². The summed E-state index contributed by atoms with van der Waals surface area (Å²) in [6.45, 7) is 2.02. The standard InChI is InChI=1S/C33H34FN3O5S/c1-3-41-30(38)20-27(23-15-17-29(40-2)28(34)19-23)32-36-24(21-43-32)10-7-11-25-16-14-22-9-8-18-35-31(22)37(25)33(39)42-26-12-5-4-6-13-26/h4-6,8-9,12-13,15,17-19,21,25,27H,3,7,10-11,14,16,20H2,1-2H3. The Bertz CT molecular complexity index is 1550. The van der Waals surface area contributed by atoms with Crippen molar-refractivity contribution in [1.82, 2.24) is 9.97 Å². The van der Waals surface area contributed by atoms with E-state index in [9.17, 15) is 14.0 Å². The van der Waals surface area contributed by atoms with Gasteiger partial charge < -0.3 is 14.2 Å². The number of nitrogens with zero attached hydrogens (tertiary/aromatic N) is 3. The first-order valence-corrected chi connectivity index (χ1v) is 15.3. The van der Waals surface area contributed by atoms with E-state index >= 15 is 0 Å². The molecule has 3 heterocycles. The van der Waals surface area contributed by atoms with E-state index in [-0.39, 0.29) is 30.8 Å². The minimum absolute atomic E-state index is 0.0551. The molecule has 1 amide bonds. The van der Waals surface area contributed by atoms with E-state index in [1.54, 1.807) is 42.3 Å². The van der Waals surface area contributed by atoms with Gasteiger partial charge in [-0.15, -0.1) is 11.3 Å². The number of benzene rings is 2. The first kappa shape index (κ1) is 30.2. The number of thiazole rings is 1. The summed E-state index contributed by atoms with van der Waals surface area (Å²) in [5.74, 6) is -0.0377. The number of ether oxygens (including phenoxy) is 3. The predicted octanol–water partition coefficient (Wildman–Crippen LogP) is 7.11. The maximum Gasteiger partial charge on any atom is 0.421 e. The third kappa shape index (κ3) is 7.37. The Kier molecular flexibility index (Phi) is 9.99. The molecule has 5 rings (SSSR count). The highest BCUT2D eigenvalue weighted by molar-refractivity contribution is 7.09. The lowest BCUT2D eigenvalue weighted by Gasteiger charge is -2.35. The molecule has 0 radical (unpaired) electrons. The van der Waals surface area contributed by atoms with Crippen LogP contribution < -0.4 is 14.4 Å². The minimum atomic E-state index is -0.496. The van der Waals surface area contributed by atoms with Crippen LogP contribution in [0.4, 0.5) is 15.0 Å². The SMILES string of the molecule is CCOC(=O)CC(c1ccc(OC)c(F)c1)c1nc(CCCC2CCc3cccnc3N2C(=O)Oc2ccccc2)cs1. The molecule has 4 aromatic rings. The molecule has 0 bridgehead atoms. The summed E-state index contributed by atoms with van der Waals surface area (Å²) in [6.07, 6.45) is 5.15. The van der Waals surface area contributed by atoms with Crippen molar-refractivity contribution in [3.05, 3.63) is 99.9 Å². The van der Waals surface area contributed by atoms with Crippen LogP contribution in [-0.2, 0) is 22.4 Å². The van der Waals surface area contributed by atoms with Gasteiger partial charge in [-0.1, -0.05) is 30.3 Å². The molecule has 10 heteroatoms. The van der Waals surface area contributed by atoms with Crippen molar-refractivity contribution in [2.24, 2.45) is 0 Å². The largest absolute Gasteiger partial charge is 0.494 e. The van der Waals surface area contributed by atoms with Gasteiger partial charge in [0, 0.05) is 23.5 Å². The fourth-order valence-electron chi connectivity index (χ4n) is 5.36. The fourth-order valence-corrected chi connectivity index (χ4v) is 6.34. The number of pyridine rings is 1. The number of carbonyl (C=O) groups excluding carboxylic acids is 2. The van der Waals surface area contributed by atoms with E-state index in [2.05, 4.69) is 4.98 Å². The van der Waals surface area contributed by atoms with Gasteiger partial charge in [-0.25, -0.2) is 19.2 Å². The second-order valence-electron chi connectivity index (χ2n) is 10.3. The number of aromatic nitrogens is 2. The monoisotopic (exact) mass is 603 g/mol. The number of hydrogen-bond donors (Lipinski definition) is 0. The Labute approximate surface area is 254 Å². The van der Waals surface area contributed by atoms with Crippen molar-refractivity contribution >= 4 is 29.2 Å². The molecule has 0 saturated carbocycles. The van der Waals surface area contributed by atoms with Crippen LogP contribution in [0.2, 0.25) is 0 Å². The summed E-state index contributed by atoms with van der Waals surface area (Å²) < 4.78 is 30.5. The predicted molar refractivity (Wildman–Crippen MR) is 162 cm³/mol. The molecular weight excluding hydrogens is 569 g/mol. The van der Waals surface area contributed by atoms with Crippen molar-refractivity contribution in [2.75, 3.05) is 18.6 Å². The molecule has 0 saturated heterocycles. The van der Waals surface area contributed by atoms with Crippen LogP contribution >= 0.6 is 11.3 Å². The molecule has 2 aromatic heterocycles. The zero-order valence-corrected chi connectivity index (χ0v) is 25.0. The van der Waals surface area contributed by atoms with Gasteiger partial charge in [0.1, 0.15) is 16.6 Å². The van der Waals surface area contributed by atoms with Gasteiger partial charge in [-0.2, -0.15) is 0 Å². The molecule has 1 aliphatic rings. The lowest BCUT2D eigenvalue weighted by Crippen LogP contribution is -2.46. The lowest BCUT2D eigenvalue weighted by molar-refractivity contribution is -0.143. The highest BCUT2D eigenvalue weighted by atomic mass is 32.1. The van der Waals surface area contributed by atoms with E-state index < -0.39 is 17.8 Å². The van der Waals surface area contributed by atoms with Crippen molar-refractivity contribution in [3.8, 4) is 11.5 Å². The molecule has 0 spiro atoms. The third-order valence-corrected chi connectivity index (χ3v) is 8.45. The van der Waals surface area contributed by atoms with Crippen molar-refractivity contribution in [3.63, 3.8) is 0 Å². The maximum atomic E-state index is 14.6. The van der Waals surface area contributed by atoms with Gasteiger partial charge >= 0.3 is 12.1 Å². The van der Waals surface area contributed by atoms with Gasteiger partial charge in [-0.3, -0.25) is 9.69 Å². The average molecular weight is 604 g/mol. The van der Waals surface area contributed by atoms with Crippen molar-refractivity contribution in [2.45, 2.75) is 57.4 Å². The Hall–Kier alpha value is -4.31. The number of aryl methyl sites for hydroxylation is 2. The molecule has 0 N–H and O–H groups in total. The molecular formula is C33H34FN3O5S. The molecule has 2 unspecified atom stereocenters. The molecule has 224 valence electrons. The first-order valence-electron chi connectivity index (χ1n) is 14.4. The van der Waals surface area contributed by atoms with Gasteiger partial charge in [0.25, 0.3) is 0 Å². The van der Waals surface area contributed by atoms with Crippen LogP contribution in [-0.4, -0.2) is 41.8 Å². The van der Waals surface area contributed by atoms with Gasteiger partial charge in [0.15, 0.2) is 11.6 Å². The van der Waals surface area contributed by atoms with E-state index in [1.807, 2.05) is 35.7 Å². The number of hydrogen-bond acceptors (Lipinski definition) is 8. The summed E-state index contributed by atoms with van der Waals surface area (Å²) in [5.41, 5.74) is 2.54. The number of rotatable bonds is 11. The quantitative estimate of drug-likeness (QED) is 0.169. The summed E-state index contributed by atoms with van der Waals surface area (Å²) in [4.78, 5) is 36.9. The van der Waals surface area contributed by atoms with E-state index in [1.165, 1.54) is 24.5 Å². The second-order valence-corrected chi connectivity index (χ2v) is 11.1. The number of halogens is 1. The van der Waals surface area contributed by atoms with Gasteiger partial charge in [0.05, 0.1) is 25.8 Å². The highest BCUT2D eigenvalue weighted by Gasteiger charge is 2.33. The summed E-state index contributed by atoms with van der Waals surface area (Å²) in [7, 11) is 1.41. The molecule has 2 aromatic carbocycles. The highest BCUT2D eigenvalue weighted by Crippen LogP contribution is 2.35. The Morgan fingerprint density at radius 3 is 2.74 bits per heavy atom. The number of methoxy groups -OCH3 is 1. The second kappa shape index (κ2) is 14.2. The van der Waals surface area contributed by atoms with Crippen LogP contribution in [0.25, 0.3) is 0 Å². The summed E-state index contributed by atoms with van der Waals surface area (Å²) in [5, 5.41) is 2.70. The van der Waals surface area contributed by atoms with Crippen LogP contribution in [0.15, 0.2) is 72.2 Å². The first-order chi connectivity index (χ1) is 21.0. The number of carbonyl (C=O) groups is 2. The number of fused-ring (bicyclic) bond motifs is 1. The zero-order valence-electron chi connectivity index (χ0n) is 24.2. The molecule has 43 heavy (non-hydrogen) atoms. The molecule has 2 atom stereocenters. The number of anilines is 1. The number of para-hydroxylation sites is 1. The Balaban J connectivity index is 1.28. The third-order valence-electron chi connectivity index (χ3n) is 7.45. The number of amides is 1. The topological polar surface area (TPSA) is 90.9 Å². The summed E-state index contributed by atoms with van der Waals surface area (Å²) in [6, 6.07) is 17.5. The minimum Gasteiger partial charge on any atom is -0.494 e. The van der Waals surface area contributed by atoms with Crippen LogP contribution in [0.1, 0.15) is 60.4 Å². The van der Waals surface area contributed by atoms with Crippen LogP contribution in [0, 0.1) is 5.82 Å². The van der Waals surface area contributed by atoms with E-state index in [0.717, 1.165) is 41.9 Å². The van der Waals surface area contributed by atoms with E-state index in [4.69, 9.17) is 19.2 Å². The molecule has 8 nitrogen and oxygen atoms in total. The molecule has 1 aliphatic heterocycles. The van der Waals surface area contributed by atoms with Crippen LogP contribution in [0.5, 0.6) is 11.5 Å². The van der Waals surface area contributed by atoms with Gasteiger partial charge in [-0.05, 0) is 80.5 Å². The Morgan fingerprint density at radius 2 is 1.98 bits per heavy atom. The fraction of sp³-hybridized carbons (Fsp3) is 0.333. The lowest BCUT2D eigenvalue weighted by atomic mass is 9.95. The normalized spacial score (nSPS) is 15.0. The van der Waals surface area contributed by atoms with Crippen molar-refractivity contribution in [1.29, 1.82) is 0 Å². The van der Waals surface area contributed by atoms with E-state index in [0.29, 0.717) is 23.6 Å². The van der Waals surface area contributed by atoms with Gasteiger partial charge in [0.2, 0.25) is 0 Å². The Morgan fingerprint density at radius 1 is 1.14 bits per heavy atom. The molecule has 0 fully saturated rings.